The molecule has 4 aromatic rings. The lowest BCUT2D eigenvalue weighted by molar-refractivity contribution is 0.171. The number of hydrogen-bond donors (Lipinski definition) is 0. The number of fused-ring (bicyclic) bond motifs is 1. The van der Waals surface area contributed by atoms with Gasteiger partial charge in [-0.2, -0.15) is 4.98 Å². The average Bonchev–Trinajstić information content (AvgIpc) is 3.54. The van der Waals surface area contributed by atoms with Crippen molar-refractivity contribution in [3.05, 3.63) is 65.9 Å². The highest BCUT2D eigenvalue weighted by molar-refractivity contribution is 7.92. The van der Waals surface area contributed by atoms with E-state index in [4.69, 9.17) is 18.7 Å². The normalized spacial score (nSPS) is 13.0. The van der Waals surface area contributed by atoms with Crippen molar-refractivity contribution in [1.82, 2.24) is 10.1 Å². The molecule has 0 N–H and O–H groups in total. The minimum atomic E-state index is -4.02. The molecule has 0 aliphatic carbocycles. The van der Waals surface area contributed by atoms with Gasteiger partial charge < -0.3 is 18.7 Å². The molecule has 5 rings (SSSR count). The summed E-state index contributed by atoms with van der Waals surface area (Å²) < 4.78 is 50.3. The van der Waals surface area contributed by atoms with E-state index in [0.29, 0.717) is 42.0 Å². The maximum absolute atomic E-state index is 13.7. The molecule has 11 heteroatoms. The zero-order valence-corrected chi connectivity index (χ0v) is 19.1. The van der Waals surface area contributed by atoms with Crippen molar-refractivity contribution in [3.63, 3.8) is 0 Å². The van der Waals surface area contributed by atoms with Crippen molar-refractivity contribution in [2.24, 2.45) is 0 Å². The second-order valence-electron chi connectivity index (χ2n) is 7.00. The third-order valence-electron chi connectivity index (χ3n) is 4.95. The smallest absolute Gasteiger partial charge is 0.264 e. The Balaban J connectivity index is 1.53. The fraction of sp³-hybridized carbons (Fsp3) is 0.182. The number of rotatable bonds is 7. The maximum Gasteiger partial charge on any atom is 0.264 e. The molecule has 0 bridgehead atoms. The van der Waals surface area contributed by atoms with Gasteiger partial charge in [-0.1, -0.05) is 11.2 Å². The van der Waals surface area contributed by atoms with E-state index in [-0.39, 0.29) is 17.3 Å². The average molecular weight is 486 g/mol. The Bertz CT molecular complexity index is 1350. The van der Waals surface area contributed by atoms with E-state index in [0.717, 1.165) is 4.88 Å². The number of sulfonamides is 1. The van der Waals surface area contributed by atoms with Crippen molar-refractivity contribution in [2.45, 2.75) is 11.4 Å². The van der Waals surface area contributed by atoms with Gasteiger partial charge in [0.05, 0.1) is 22.6 Å². The van der Waals surface area contributed by atoms with Gasteiger partial charge in [-0.25, -0.2) is 8.42 Å². The van der Waals surface area contributed by atoms with Crippen LogP contribution in [0.1, 0.15) is 5.89 Å². The van der Waals surface area contributed by atoms with Gasteiger partial charge in [-0.15, -0.1) is 11.3 Å². The fourth-order valence-electron chi connectivity index (χ4n) is 3.32. The van der Waals surface area contributed by atoms with Gasteiger partial charge in [0.1, 0.15) is 25.5 Å². The predicted molar refractivity (Wildman–Crippen MR) is 121 cm³/mol. The molecule has 33 heavy (non-hydrogen) atoms. The van der Waals surface area contributed by atoms with Crippen molar-refractivity contribution < 1.29 is 27.2 Å². The summed E-state index contributed by atoms with van der Waals surface area (Å²) >= 11 is 1.47. The number of nitrogens with zero attached hydrogens (tertiary/aromatic N) is 3. The van der Waals surface area contributed by atoms with Crippen molar-refractivity contribution in [3.8, 4) is 28.0 Å². The van der Waals surface area contributed by atoms with Crippen LogP contribution in [0.4, 0.5) is 5.69 Å². The molecule has 9 nitrogen and oxygen atoms in total. The maximum atomic E-state index is 13.7. The molecule has 3 heterocycles. The summed E-state index contributed by atoms with van der Waals surface area (Å²) in [6.07, 6.45) is 0. The number of ether oxygens (including phenoxy) is 3. The first-order valence-electron chi connectivity index (χ1n) is 9.97. The van der Waals surface area contributed by atoms with E-state index in [1.807, 2.05) is 17.5 Å². The van der Waals surface area contributed by atoms with Crippen LogP contribution in [0.3, 0.4) is 0 Å². The van der Waals surface area contributed by atoms with Crippen LogP contribution in [-0.2, 0) is 16.6 Å². The minimum absolute atomic E-state index is 0.0561. The van der Waals surface area contributed by atoms with Crippen LogP contribution in [0.15, 0.2) is 69.4 Å². The molecule has 1 aliphatic heterocycles. The number of benzene rings is 2. The SMILES string of the molecule is COc1ccc(N(Cc2nc(-c3cccs3)no2)S(=O)(=O)c2ccc3c(c2)OCCO3)cc1. The third kappa shape index (κ3) is 4.24. The van der Waals surface area contributed by atoms with Gasteiger partial charge in [0, 0.05) is 6.07 Å². The van der Waals surface area contributed by atoms with Crippen molar-refractivity contribution in [1.29, 1.82) is 0 Å². The summed E-state index contributed by atoms with van der Waals surface area (Å²) in [5.41, 5.74) is 0.418. The lowest BCUT2D eigenvalue weighted by Crippen LogP contribution is -2.31. The van der Waals surface area contributed by atoms with Crippen molar-refractivity contribution in [2.75, 3.05) is 24.6 Å². The summed E-state index contributed by atoms with van der Waals surface area (Å²) in [6, 6.07) is 15.0. The molecular formula is C22H19N3O6S2. The van der Waals surface area contributed by atoms with Crippen LogP contribution in [-0.4, -0.2) is 38.9 Å². The Hall–Kier alpha value is -3.57. The molecule has 170 valence electrons. The van der Waals surface area contributed by atoms with Crippen LogP contribution in [0.25, 0.3) is 10.7 Å². The van der Waals surface area contributed by atoms with Gasteiger partial charge in [-0.05, 0) is 47.8 Å². The molecule has 0 saturated heterocycles. The summed E-state index contributed by atoms with van der Waals surface area (Å²) in [4.78, 5) is 5.27. The highest BCUT2D eigenvalue weighted by atomic mass is 32.2. The zero-order chi connectivity index (χ0) is 22.8. The number of aromatic nitrogens is 2. The lowest BCUT2D eigenvalue weighted by Gasteiger charge is -2.24. The molecule has 0 fully saturated rings. The van der Waals surface area contributed by atoms with E-state index in [9.17, 15) is 8.42 Å². The topological polar surface area (TPSA) is 104 Å². The van der Waals surface area contributed by atoms with Gasteiger partial charge in [-0.3, -0.25) is 4.31 Å². The highest BCUT2D eigenvalue weighted by Gasteiger charge is 2.29. The van der Waals surface area contributed by atoms with E-state index < -0.39 is 10.0 Å². The Morgan fingerprint density at radius 2 is 1.85 bits per heavy atom. The Labute approximate surface area is 194 Å². The largest absolute Gasteiger partial charge is 0.497 e. The van der Waals surface area contributed by atoms with Gasteiger partial charge >= 0.3 is 0 Å². The zero-order valence-electron chi connectivity index (χ0n) is 17.5. The highest BCUT2D eigenvalue weighted by Crippen LogP contribution is 2.35. The van der Waals surface area contributed by atoms with E-state index >= 15 is 0 Å². The standard InChI is InChI=1S/C22H19N3O6S2/c1-28-16-6-4-15(5-7-16)25(14-21-23-22(24-31-21)20-3-2-12-32-20)33(26,27)17-8-9-18-19(13-17)30-11-10-29-18/h2-9,12-13H,10-11,14H2,1H3. The molecule has 0 amide bonds. The molecular weight excluding hydrogens is 466 g/mol. The monoisotopic (exact) mass is 485 g/mol. The summed E-state index contributed by atoms with van der Waals surface area (Å²) in [5, 5.41) is 5.90. The lowest BCUT2D eigenvalue weighted by atomic mass is 10.3. The number of hydrogen-bond acceptors (Lipinski definition) is 9. The summed E-state index contributed by atoms with van der Waals surface area (Å²) in [5.74, 6) is 2.07. The number of thiophene rings is 1. The molecule has 2 aromatic heterocycles. The van der Waals surface area contributed by atoms with Gasteiger partial charge in [0.25, 0.3) is 10.0 Å². The predicted octanol–water partition coefficient (Wildman–Crippen LogP) is 3.97. The quantitative estimate of drug-likeness (QED) is 0.387. The van der Waals surface area contributed by atoms with Crippen LogP contribution in [0.5, 0.6) is 17.2 Å². The van der Waals surface area contributed by atoms with Crippen LogP contribution >= 0.6 is 11.3 Å². The van der Waals surface area contributed by atoms with E-state index in [1.54, 1.807) is 37.4 Å². The van der Waals surface area contributed by atoms with Gasteiger partial charge in [0.15, 0.2) is 11.5 Å². The second-order valence-corrected chi connectivity index (χ2v) is 9.81. The second kappa shape index (κ2) is 8.75. The molecule has 0 atom stereocenters. The van der Waals surface area contributed by atoms with Crippen LogP contribution < -0.4 is 18.5 Å². The summed E-state index contributed by atoms with van der Waals surface area (Å²) in [6.45, 7) is 0.620. The van der Waals surface area contributed by atoms with Crippen LogP contribution in [0, 0.1) is 0 Å². The summed E-state index contributed by atoms with van der Waals surface area (Å²) in [7, 11) is -2.47. The molecule has 0 spiro atoms. The van der Waals surface area contributed by atoms with E-state index in [2.05, 4.69) is 10.1 Å². The first-order valence-corrected chi connectivity index (χ1v) is 12.3. The Morgan fingerprint density at radius 3 is 2.58 bits per heavy atom. The van der Waals surface area contributed by atoms with Crippen LogP contribution in [0.2, 0.25) is 0 Å². The molecule has 0 unspecified atom stereocenters. The first-order chi connectivity index (χ1) is 16.0. The number of anilines is 1. The molecule has 1 aliphatic rings. The van der Waals surface area contributed by atoms with Gasteiger partial charge in [0.2, 0.25) is 11.7 Å². The van der Waals surface area contributed by atoms with Crippen molar-refractivity contribution >= 4 is 27.0 Å². The number of methoxy groups -OCH3 is 1. The molecule has 2 aromatic carbocycles. The van der Waals surface area contributed by atoms with E-state index in [1.165, 1.54) is 27.8 Å². The minimum Gasteiger partial charge on any atom is -0.497 e. The fourth-order valence-corrected chi connectivity index (χ4v) is 5.40. The Kier molecular flexibility index (Phi) is 5.65. The first kappa shape index (κ1) is 21.3. The molecule has 0 radical (unpaired) electrons. The third-order valence-corrected chi connectivity index (χ3v) is 7.59. The Morgan fingerprint density at radius 1 is 1.06 bits per heavy atom. The molecule has 0 saturated carbocycles.